The zero-order valence-corrected chi connectivity index (χ0v) is 20.0. The maximum Gasteiger partial charge on any atom is 0 e. The predicted molar refractivity (Wildman–Crippen MR) is 89.5 cm³/mol. The van der Waals surface area contributed by atoms with Crippen LogP contribution in [0.2, 0.25) is 0 Å². The van der Waals surface area contributed by atoms with Gasteiger partial charge in [0, 0.05) is 32.4 Å². The van der Waals surface area contributed by atoms with Crippen LogP contribution in [0.4, 0.5) is 0 Å². The van der Waals surface area contributed by atoms with E-state index in [0.717, 1.165) is 0 Å². The van der Waals surface area contributed by atoms with Crippen molar-refractivity contribution in [2.75, 3.05) is 20.9 Å². The van der Waals surface area contributed by atoms with Crippen LogP contribution in [0.25, 0.3) is 0 Å². The maximum atomic E-state index is 11.9. The number of esters is 2. The van der Waals surface area contributed by atoms with Crippen molar-refractivity contribution in [3.05, 3.63) is 55.5 Å². The fourth-order valence-corrected chi connectivity index (χ4v) is 6.22. The summed E-state index contributed by atoms with van der Waals surface area (Å²) in [6.45, 7) is 28.7. The Balaban J connectivity index is -0.000000153. The molecule has 0 aromatic rings. The second-order valence-corrected chi connectivity index (χ2v) is 7.01. The molecule has 0 N–H and O–H groups in total. The number of hydrogen-bond donors (Lipinski definition) is 0. The summed E-state index contributed by atoms with van der Waals surface area (Å²) in [6, 6.07) is 0. The third kappa shape index (κ3) is 8.64. The maximum absolute atomic E-state index is 11.9. The van der Waals surface area contributed by atoms with Crippen LogP contribution in [0.3, 0.4) is 0 Å². The van der Waals surface area contributed by atoms with Gasteiger partial charge in [0.2, 0.25) is 0 Å². The molecule has 0 saturated carbocycles. The standard InChI is InChI=1S/C13H17O4P.5CO.W/c1-6-7(2)11-9(13(15)17-4)8(12(14)16-3)10(6)18(11)5;5*1-2;/h10-11H,1-5H3;;;;;;. The molecule has 0 saturated heterocycles. The molecule has 2 bridgehead atoms. The first-order chi connectivity index (χ1) is 13.5. The molecule has 2 atom stereocenters. The summed E-state index contributed by atoms with van der Waals surface area (Å²) in [7, 11) is 2.23. The molecule has 0 aliphatic carbocycles. The molecule has 9 nitrogen and oxygen atoms in total. The monoisotopic (exact) mass is 592 g/mol. The van der Waals surface area contributed by atoms with Crippen molar-refractivity contribution < 1.29 is 63.4 Å². The normalized spacial score (nSPS) is 18.9. The van der Waals surface area contributed by atoms with E-state index in [1.807, 2.05) is 13.8 Å². The molecular weight excluding hydrogens is 575 g/mol. The molecule has 0 amide bonds. The van der Waals surface area contributed by atoms with Crippen LogP contribution < -0.4 is 0 Å². The third-order valence-corrected chi connectivity index (χ3v) is 6.82. The van der Waals surface area contributed by atoms with Gasteiger partial charge >= 0.3 is 68.5 Å². The summed E-state index contributed by atoms with van der Waals surface area (Å²) in [5.41, 5.74) is 3.58. The summed E-state index contributed by atoms with van der Waals surface area (Å²) in [6.07, 6.45) is 0. The van der Waals surface area contributed by atoms with Gasteiger partial charge in [-0.2, -0.15) is 0 Å². The Morgan fingerprint density at radius 2 is 0.931 bits per heavy atom. The van der Waals surface area contributed by atoms with E-state index in [1.165, 1.54) is 25.4 Å². The molecule has 2 unspecified atom stereocenters. The van der Waals surface area contributed by atoms with Crippen molar-refractivity contribution in [2.24, 2.45) is 0 Å². The van der Waals surface area contributed by atoms with Gasteiger partial charge in [0.1, 0.15) is 0 Å². The summed E-state index contributed by atoms with van der Waals surface area (Å²) >= 11 is 0. The molecule has 0 radical (unpaired) electrons. The first kappa shape index (κ1) is 37.9. The van der Waals surface area contributed by atoms with Crippen molar-refractivity contribution in [1.29, 1.82) is 0 Å². The first-order valence-corrected chi connectivity index (χ1v) is 8.70. The second kappa shape index (κ2) is 22.5. The van der Waals surface area contributed by atoms with Crippen molar-refractivity contribution in [3.8, 4) is 0 Å². The zero-order chi connectivity index (χ0) is 23.6. The van der Waals surface area contributed by atoms with Crippen LogP contribution in [0, 0.1) is 33.3 Å². The van der Waals surface area contributed by atoms with Crippen molar-refractivity contribution in [2.45, 2.75) is 25.2 Å². The Labute approximate surface area is 184 Å². The van der Waals surface area contributed by atoms with Crippen molar-refractivity contribution in [1.82, 2.24) is 0 Å². The largest absolute Gasteiger partial charge is 0 e. The predicted octanol–water partition coefficient (Wildman–Crippen LogP) is 1.65. The van der Waals surface area contributed by atoms with Crippen LogP contribution >= 0.6 is 7.92 Å². The molecule has 11 heteroatoms. The Hall–Kier alpha value is -1.76. The SMILES string of the molecule is COC(=O)C1=C(C(=O)OC)C2C(C)=C(C)C1P2C.[C-]#[O+].[C-]#[O+].[C-]#[O+].[C-]#[O+].[C-]#[O+].[W]. The molecule has 0 spiro atoms. The minimum Gasteiger partial charge on any atom is 0 e. The number of fused-ring (bicyclic) bond motifs is 2. The van der Waals surface area contributed by atoms with Gasteiger partial charge in [-0.05, 0) is 20.5 Å². The molecule has 29 heavy (non-hydrogen) atoms. The van der Waals surface area contributed by atoms with Crippen LogP contribution in [0.15, 0.2) is 22.3 Å². The van der Waals surface area contributed by atoms with E-state index in [9.17, 15) is 9.59 Å². The fraction of sp³-hybridized carbons (Fsp3) is 0.389. The van der Waals surface area contributed by atoms with Crippen LogP contribution in [-0.4, -0.2) is 44.1 Å². The summed E-state index contributed by atoms with van der Waals surface area (Å²) < 4.78 is 47.2. The van der Waals surface area contributed by atoms with E-state index >= 15 is 0 Å². The smallest absolute Gasteiger partial charge is 0 e. The van der Waals surface area contributed by atoms with Crippen molar-refractivity contribution in [3.63, 3.8) is 0 Å². The minimum atomic E-state index is -0.460. The zero-order valence-electron chi connectivity index (χ0n) is 16.2. The van der Waals surface area contributed by atoms with E-state index in [2.05, 4.69) is 39.9 Å². The summed E-state index contributed by atoms with van der Waals surface area (Å²) in [5.74, 6) is -0.798. The number of hydrogen-bond acceptors (Lipinski definition) is 4. The molecule has 154 valence electrons. The minimum absolute atomic E-state index is 0. The van der Waals surface area contributed by atoms with E-state index in [0.29, 0.717) is 11.1 Å². The van der Waals surface area contributed by atoms with E-state index in [-0.39, 0.29) is 32.4 Å². The number of carbonyl (C=O) groups is 2. The van der Waals surface area contributed by atoms with Gasteiger partial charge in [-0.3, -0.25) is 0 Å². The van der Waals surface area contributed by atoms with Gasteiger partial charge < -0.3 is 9.47 Å². The molecule has 0 aromatic carbocycles. The Morgan fingerprint density at radius 1 is 0.724 bits per heavy atom. The van der Waals surface area contributed by atoms with Gasteiger partial charge in [-0.1, -0.05) is 19.1 Å². The third-order valence-electron chi connectivity index (χ3n) is 3.90. The summed E-state index contributed by atoms with van der Waals surface area (Å²) in [4.78, 5) is 23.9. The van der Waals surface area contributed by atoms with Gasteiger partial charge in [0.15, 0.2) is 0 Å². The quantitative estimate of drug-likeness (QED) is 0.158. The van der Waals surface area contributed by atoms with E-state index < -0.39 is 19.9 Å². The number of ether oxygens (including phenoxy) is 2. The number of methoxy groups -OCH3 is 2. The van der Waals surface area contributed by atoms with Gasteiger partial charge in [-0.15, -0.1) is 0 Å². The molecule has 2 aliphatic heterocycles. The van der Waals surface area contributed by atoms with Crippen LogP contribution in [0.5, 0.6) is 0 Å². The van der Waals surface area contributed by atoms with Gasteiger partial charge in [0.05, 0.1) is 25.4 Å². The average Bonchev–Trinajstić information content (AvgIpc) is 3.21. The Kier molecular flexibility index (Phi) is 29.5. The van der Waals surface area contributed by atoms with Gasteiger partial charge in [0.25, 0.3) is 0 Å². The fourth-order valence-electron chi connectivity index (χ4n) is 2.99. The topological polar surface area (TPSA) is 152 Å². The second-order valence-electron chi connectivity index (χ2n) is 4.65. The number of rotatable bonds is 2. The van der Waals surface area contributed by atoms with E-state index in [1.54, 1.807) is 0 Å². The molecule has 0 fully saturated rings. The molecule has 2 rings (SSSR count). The molecular formula is C18H17O9PW. The number of carbonyl (C=O) groups excluding carboxylic acids is 2. The Morgan fingerprint density at radius 3 is 1.10 bits per heavy atom. The van der Waals surface area contributed by atoms with Crippen molar-refractivity contribution >= 4 is 19.9 Å². The molecule has 2 heterocycles. The molecule has 2 aliphatic rings. The first-order valence-electron chi connectivity index (χ1n) is 6.77. The van der Waals surface area contributed by atoms with Crippen LogP contribution in [-0.2, 0) is 63.4 Å². The van der Waals surface area contributed by atoms with Crippen LogP contribution in [0.1, 0.15) is 13.8 Å². The van der Waals surface area contributed by atoms with E-state index in [4.69, 9.17) is 32.7 Å². The molecule has 0 aromatic heterocycles. The Bertz CT molecular complexity index is 622. The van der Waals surface area contributed by atoms with Gasteiger partial charge in [-0.25, -0.2) is 9.59 Å². The average molecular weight is 592 g/mol. The number of allylic oxidation sites excluding steroid dienone is 2. The summed E-state index contributed by atoms with van der Waals surface area (Å²) in [5, 5.41) is 0.